The first kappa shape index (κ1) is 14.0. The van der Waals surface area contributed by atoms with Gasteiger partial charge in [0, 0.05) is 6.07 Å². The number of sulfonamides is 1. The van der Waals surface area contributed by atoms with Gasteiger partial charge in [-0.05, 0) is 0 Å². The second kappa shape index (κ2) is 4.31. The standard InChI is InChI=1S/C7H5F3N4O3S/c8-7(9,10)17-5-1-4(18(13,15)16)3(2-11)6(12)14-5/h1H,(H2,12,14)(H2,13,15,16). The maximum atomic E-state index is 11.9. The molecule has 0 aliphatic rings. The van der Waals surface area contributed by atoms with Gasteiger partial charge in [0.2, 0.25) is 15.9 Å². The lowest BCUT2D eigenvalue weighted by Crippen LogP contribution is -2.20. The quantitative estimate of drug-likeness (QED) is 0.789. The maximum Gasteiger partial charge on any atom is 0.574 e. The molecule has 0 fully saturated rings. The number of hydrogen-bond donors (Lipinski definition) is 2. The van der Waals surface area contributed by atoms with E-state index in [0.29, 0.717) is 6.07 Å². The van der Waals surface area contributed by atoms with Gasteiger partial charge < -0.3 is 10.5 Å². The number of rotatable bonds is 2. The van der Waals surface area contributed by atoms with Crippen molar-refractivity contribution in [1.82, 2.24) is 4.98 Å². The number of nitrogens with two attached hydrogens (primary N) is 2. The molecule has 0 unspecified atom stereocenters. The predicted octanol–water partition coefficient (Wildman–Crippen LogP) is 0.0815. The third kappa shape index (κ3) is 3.22. The van der Waals surface area contributed by atoms with E-state index in [0.717, 1.165) is 0 Å². The zero-order valence-electron chi connectivity index (χ0n) is 8.39. The average Bonchev–Trinajstić information content (AvgIpc) is 2.12. The summed E-state index contributed by atoms with van der Waals surface area (Å²) in [6.45, 7) is 0. The molecule has 0 bridgehead atoms. The molecule has 0 saturated heterocycles. The van der Waals surface area contributed by atoms with Crippen LogP contribution in [0.5, 0.6) is 5.88 Å². The number of pyridine rings is 1. The molecule has 0 radical (unpaired) electrons. The highest BCUT2D eigenvalue weighted by atomic mass is 32.2. The third-order valence-corrected chi connectivity index (χ3v) is 2.56. The van der Waals surface area contributed by atoms with E-state index in [9.17, 15) is 21.6 Å². The van der Waals surface area contributed by atoms with Crippen molar-refractivity contribution in [3.8, 4) is 11.9 Å². The Morgan fingerprint density at radius 3 is 2.39 bits per heavy atom. The van der Waals surface area contributed by atoms with Crippen LogP contribution in [-0.2, 0) is 10.0 Å². The van der Waals surface area contributed by atoms with Crippen LogP contribution in [0.2, 0.25) is 0 Å². The number of primary sulfonamides is 1. The minimum atomic E-state index is -5.08. The lowest BCUT2D eigenvalue weighted by atomic mass is 10.3. The van der Waals surface area contributed by atoms with Crippen molar-refractivity contribution in [2.75, 3.05) is 5.73 Å². The number of nitrogens with zero attached hydrogens (tertiary/aromatic N) is 2. The van der Waals surface area contributed by atoms with Crippen molar-refractivity contribution < 1.29 is 26.3 Å². The highest BCUT2D eigenvalue weighted by molar-refractivity contribution is 7.89. The molecule has 1 aromatic heterocycles. The van der Waals surface area contributed by atoms with Gasteiger partial charge in [0.15, 0.2) is 0 Å². The SMILES string of the molecule is N#Cc1c(S(N)(=O)=O)cc(OC(F)(F)F)nc1N. The Balaban J connectivity index is 3.47. The number of alkyl halides is 3. The Labute approximate surface area is 98.8 Å². The average molecular weight is 282 g/mol. The number of anilines is 1. The van der Waals surface area contributed by atoms with Crippen molar-refractivity contribution in [3.05, 3.63) is 11.6 Å². The molecule has 0 aromatic carbocycles. The summed E-state index contributed by atoms with van der Waals surface area (Å²) in [6.07, 6.45) is -5.08. The number of hydrogen-bond acceptors (Lipinski definition) is 6. The third-order valence-electron chi connectivity index (χ3n) is 1.63. The van der Waals surface area contributed by atoms with Crippen molar-refractivity contribution >= 4 is 15.8 Å². The summed E-state index contributed by atoms with van der Waals surface area (Å²) in [6, 6.07) is 1.75. The van der Waals surface area contributed by atoms with E-state index in [1.54, 1.807) is 0 Å². The molecule has 0 spiro atoms. The van der Waals surface area contributed by atoms with Crippen LogP contribution in [0.15, 0.2) is 11.0 Å². The van der Waals surface area contributed by atoms with Crippen molar-refractivity contribution in [2.45, 2.75) is 11.3 Å². The highest BCUT2D eigenvalue weighted by Gasteiger charge is 2.33. The Morgan fingerprint density at radius 2 is 2.00 bits per heavy atom. The van der Waals surface area contributed by atoms with E-state index in [1.807, 2.05) is 0 Å². The number of nitriles is 1. The van der Waals surface area contributed by atoms with Crippen LogP contribution < -0.4 is 15.6 Å². The van der Waals surface area contributed by atoms with E-state index in [4.69, 9.17) is 16.1 Å². The zero-order valence-corrected chi connectivity index (χ0v) is 9.21. The lowest BCUT2D eigenvalue weighted by Gasteiger charge is -2.10. The van der Waals surface area contributed by atoms with Crippen LogP contribution in [-0.4, -0.2) is 19.8 Å². The fourth-order valence-corrected chi connectivity index (χ4v) is 1.72. The van der Waals surface area contributed by atoms with Gasteiger partial charge in [0.1, 0.15) is 22.3 Å². The summed E-state index contributed by atoms with van der Waals surface area (Å²) >= 11 is 0. The molecule has 98 valence electrons. The van der Waals surface area contributed by atoms with E-state index in [1.165, 1.54) is 6.07 Å². The van der Waals surface area contributed by atoms with E-state index in [-0.39, 0.29) is 0 Å². The molecular weight excluding hydrogens is 277 g/mol. The first-order chi connectivity index (χ1) is 8.04. The molecule has 0 saturated carbocycles. The van der Waals surface area contributed by atoms with Gasteiger partial charge in [-0.15, -0.1) is 13.2 Å². The van der Waals surface area contributed by atoms with Gasteiger partial charge >= 0.3 is 6.36 Å². The maximum absolute atomic E-state index is 11.9. The van der Waals surface area contributed by atoms with Gasteiger partial charge in [0.05, 0.1) is 0 Å². The smallest absolute Gasteiger partial charge is 0.388 e. The van der Waals surface area contributed by atoms with E-state index < -0.39 is 38.5 Å². The fraction of sp³-hybridized carbons (Fsp3) is 0.143. The predicted molar refractivity (Wildman–Crippen MR) is 51.4 cm³/mol. The fourth-order valence-electron chi connectivity index (χ4n) is 1.03. The first-order valence-electron chi connectivity index (χ1n) is 4.04. The molecule has 0 atom stereocenters. The molecule has 11 heteroatoms. The molecule has 0 aliphatic heterocycles. The van der Waals surface area contributed by atoms with Crippen LogP contribution in [0.4, 0.5) is 19.0 Å². The second-order valence-corrected chi connectivity index (χ2v) is 4.45. The molecule has 0 amide bonds. The molecule has 7 nitrogen and oxygen atoms in total. The van der Waals surface area contributed by atoms with Crippen molar-refractivity contribution in [3.63, 3.8) is 0 Å². The van der Waals surface area contributed by atoms with Crippen molar-refractivity contribution in [2.24, 2.45) is 5.14 Å². The molecule has 1 rings (SSSR count). The largest absolute Gasteiger partial charge is 0.574 e. The normalized spacial score (nSPS) is 11.9. The Hall–Kier alpha value is -2.06. The Bertz CT molecular complexity index is 620. The van der Waals surface area contributed by atoms with Gasteiger partial charge in [-0.3, -0.25) is 0 Å². The summed E-state index contributed by atoms with van der Waals surface area (Å²) < 4.78 is 61.4. The second-order valence-electron chi connectivity index (χ2n) is 2.92. The first-order valence-corrected chi connectivity index (χ1v) is 5.58. The minimum Gasteiger partial charge on any atom is -0.388 e. The Morgan fingerprint density at radius 1 is 1.44 bits per heavy atom. The summed E-state index contributed by atoms with van der Waals surface area (Å²) in [4.78, 5) is 2.20. The monoisotopic (exact) mass is 282 g/mol. The van der Waals surface area contributed by atoms with Gasteiger partial charge in [0.25, 0.3) is 0 Å². The molecule has 4 N–H and O–H groups in total. The number of aromatic nitrogens is 1. The Kier molecular flexibility index (Phi) is 3.36. The molecule has 0 aliphatic carbocycles. The molecular formula is C7H5F3N4O3S. The van der Waals surface area contributed by atoms with Crippen LogP contribution in [0.1, 0.15) is 5.56 Å². The van der Waals surface area contributed by atoms with Crippen LogP contribution in [0, 0.1) is 11.3 Å². The van der Waals surface area contributed by atoms with Crippen molar-refractivity contribution in [1.29, 1.82) is 5.26 Å². The summed E-state index contributed by atoms with van der Waals surface area (Å²) in [5.41, 5.74) is 4.50. The minimum absolute atomic E-state index is 0.373. The molecule has 18 heavy (non-hydrogen) atoms. The van der Waals surface area contributed by atoms with E-state index >= 15 is 0 Å². The van der Waals surface area contributed by atoms with Gasteiger partial charge in [-0.2, -0.15) is 10.2 Å². The number of halogens is 3. The van der Waals surface area contributed by atoms with E-state index in [2.05, 4.69) is 9.72 Å². The number of nitrogen functional groups attached to an aromatic ring is 1. The highest BCUT2D eigenvalue weighted by Crippen LogP contribution is 2.27. The van der Waals surface area contributed by atoms with Gasteiger partial charge in [-0.1, -0.05) is 0 Å². The lowest BCUT2D eigenvalue weighted by molar-refractivity contribution is -0.276. The van der Waals surface area contributed by atoms with Crippen LogP contribution in [0.3, 0.4) is 0 Å². The molecule has 1 heterocycles. The van der Waals surface area contributed by atoms with Crippen LogP contribution in [0.25, 0.3) is 0 Å². The molecule has 1 aromatic rings. The van der Waals surface area contributed by atoms with Gasteiger partial charge in [-0.25, -0.2) is 13.6 Å². The summed E-state index contributed by atoms with van der Waals surface area (Å²) in [5, 5.41) is 13.4. The number of ether oxygens (including phenoxy) is 1. The zero-order chi connectivity index (χ0) is 14.1. The summed E-state index contributed by atoms with van der Waals surface area (Å²) in [7, 11) is -4.44. The van der Waals surface area contributed by atoms with Crippen LogP contribution >= 0.6 is 0 Å². The topological polar surface area (TPSA) is 132 Å². The summed E-state index contributed by atoms with van der Waals surface area (Å²) in [5.74, 6) is -1.86.